The van der Waals surface area contributed by atoms with Crippen LogP contribution in [0.2, 0.25) is 0 Å². The molecule has 0 aliphatic heterocycles. The van der Waals surface area contributed by atoms with Crippen LogP contribution in [0.1, 0.15) is 11.7 Å². The molecule has 74 valence electrons. The van der Waals surface area contributed by atoms with Crippen LogP contribution in [-0.4, -0.2) is 16.8 Å². The Morgan fingerprint density at radius 3 is 2.43 bits per heavy atom. The Kier molecular flexibility index (Phi) is 3.48. The summed E-state index contributed by atoms with van der Waals surface area (Å²) >= 11 is 5.21. The lowest BCUT2D eigenvalue weighted by molar-refractivity contribution is -0.140. The summed E-state index contributed by atoms with van der Waals surface area (Å²) in [6.45, 7) is 0.151. The van der Waals surface area contributed by atoms with Crippen LogP contribution in [0, 0.1) is 0 Å². The number of aromatic hydroxyl groups is 1. The van der Waals surface area contributed by atoms with E-state index in [0.717, 1.165) is 0 Å². The number of hydrogen-bond acceptors (Lipinski definition) is 4. The summed E-state index contributed by atoms with van der Waals surface area (Å²) < 4.78 is 4.49. The second-order valence-corrected chi connectivity index (χ2v) is 2.88. The van der Waals surface area contributed by atoms with Crippen LogP contribution in [0.25, 0.3) is 0 Å². The summed E-state index contributed by atoms with van der Waals surface area (Å²) in [6.07, 6.45) is -1.12. The molecule has 1 rings (SSSR count). The van der Waals surface area contributed by atoms with E-state index in [2.05, 4.69) is 4.74 Å². The first kappa shape index (κ1) is 10.5. The molecule has 0 saturated carbocycles. The van der Waals surface area contributed by atoms with Crippen LogP contribution in [0.15, 0.2) is 24.3 Å². The van der Waals surface area contributed by atoms with Crippen LogP contribution in [-0.2, 0) is 14.3 Å². The van der Waals surface area contributed by atoms with Crippen molar-refractivity contribution in [2.45, 2.75) is 6.10 Å². The number of phenols is 1. The Hall–Kier alpha value is -1.55. The zero-order valence-electron chi connectivity index (χ0n) is 7.01. The lowest BCUT2D eigenvalue weighted by Gasteiger charge is -2.10. The van der Waals surface area contributed by atoms with Crippen molar-refractivity contribution in [3.05, 3.63) is 29.8 Å². The Bertz CT molecular complexity index is 333. The minimum atomic E-state index is -1.12. The Balaban J connectivity index is 2.93. The average Bonchev–Trinajstić information content (AvgIpc) is 2.15. The number of benzene rings is 1. The van der Waals surface area contributed by atoms with Crippen LogP contribution in [0.4, 0.5) is 0 Å². The number of carbonyl (C=O) groups is 2. The van der Waals surface area contributed by atoms with Crippen LogP contribution < -0.4 is 0 Å². The van der Waals surface area contributed by atoms with E-state index in [9.17, 15) is 9.59 Å². The summed E-state index contributed by atoms with van der Waals surface area (Å²) in [5.41, 5.74) is 0.412. The monoisotopic (exact) mass is 214 g/mol. The number of phenolic OH excluding ortho intramolecular Hbond substituents is 1. The third-order valence-corrected chi connectivity index (χ3v) is 1.79. The Labute approximate surface area is 85.1 Å². The van der Waals surface area contributed by atoms with Crippen molar-refractivity contribution in [3.8, 4) is 5.75 Å². The summed E-state index contributed by atoms with van der Waals surface area (Å²) in [5.74, 6) is 0.0561. The molecule has 0 amide bonds. The standard InChI is InChI=1S/C9H7ClO4/c10-9(13)8(14-5-11)6-1-3-7(12)4-2-6/h1-5,8,12H. The van der Waals surface area contributed by atoms with Crippen LogP contribution >= 0.6 is 11.6 Å². The second kappa shape index (κ2) is 4.62. The van der Waals surface area contributed by atoms with Gasteiger partial charge in [-0.25, -0.2) is 0 Å². The molecular weight excluding hydrogens is 208 g/mol. The molecule has 1 aromatic rings. The predicted octanol–water partition coefficient (Wildman–Crippen LogP) is 1.37. The van der Waals surface area contributed by atoms with Gasteiger partial charge in [0, 0.05) is 5.56 Å². The molecule has 1 atom stereocenters. The minimum Gasteiger partial charge on any atom is -0.508 e. The van der Waals surface area contributed by atoms with Gasteiger partial charge in [0.1, 0.15) is 5.75 Å². The van der Waals surface area contributed by atoms with Crippen molar-refractivity contribution in [2.75, 3.05) is 0 Å². The number of rotatable bonds is 4. The van der Waals surface area contributed by atoms with E-state index in [0.29, 0.717) is 5.56 Å². The van der Waals surface area contributed by atoms with E-state index in [-0.39, 0.29) is 12.2 Å². The molecule has 0 aliphatic carbocycles. The van der Waals surface area contributed by atoms with Gasteiger partial charge in [0.25, 0.3) is 11.7 Å². The van der Waals surface area contributed by atoms with Gasteiger partial charge in [0.15, 0.2) is 6.10 Å². The first-order valence-electron chi connectivity index (χ1n) is 3.72. The summed E-state index contributed by atoms with van der Waals surface area (Å²) in [5, 5.41) is 8.19. The smallest absolute Gasteiger partial charge is 0.294 e. The van der Waals surface area contributed by atoms with Crippen molar-refractivity contribution >= 4 is 23.3 Å². The van der Waals surface area contributed by atoms with Gasteiger partial charge in [-0.3, -0.25) is 9.59 Å². The summed E-state index contributed by atoms with van der Waals surface area (Å²) in [7, 11) is 0. The minimum absolute atomic E-state index is 0.0561. The fourth-order valence-corrected chi connectivity index (χ4v) is 1.15. The van der Waals surface area contributed by atoms with Crippen molar-refractivity contribution in [1.82, 2.24) is 0 Å². The van der Waals surface area contributed by atoms with Crippen molar-refractivity contribution in [3.63, 3.8) is 0 Å². The molecule has 0 aliphatic rings. The predicted molar refractivity (Wildman–Crippen MR) is 48.9 cm³/mol. The van der Waals surface area contributed by atoms with Gasteiger partial charge in [-0.1, -0.05) is 12.1 Å². The molecule has 0 fully saturated rings. The maximum Gasteiger partial charge on any atom is 0.294 e. The molecule has 5 heteroatoms. The zero-order chi connectivity index (χ0) is 10.6. The molecule has 1 unspecified atom stereocenters. The summed E-state index contributed by atoms with van der Waals surface area (Å²) in [6, 6.07) is 5.64. The first-order chi connectivity index (χ1) is 6.65. The van der Waals surface area contributed by atoms with Gasteiger partial charge in [0.05, 0.1) is 0 Å². The third kappa shape index (κ3) is 2.47. The average molecular weight is 215 g/mol. The van der Waals surface area contributed by atoms with Gasteiger partial charge in [-0.2, -0.15) is 0 Å². The van der Waals surface area contributed by atoms with Gasteiger partial charge in [-0.05, 0) is 23.7 Å². The van der Waals surface area contributed by atoms with E-state index < -0.39 is 11.3 Å². The van der Waals surface area contributed by atoms with Crippen LogP contribution in [0.5, 0.6) is 5.75 Å². The molecule has 1 aromatic carbocycles. The topological polar surface area (TPSA) is 63.6 Å². The maximum absolute atomic E-state index is 10.8. The molecule has 0 radical (unpaired) electrons. The summed E-state index contributed by atoms with van der Waals surface area (Å²) in [4.78, 5) is 20.9. The van der Waals surface area contributed by atoms with Gasteiger partial charge < -0.3 is 9.84 Å². The first-order valence-corrected chi connectivity index (χ1v) is 4.10. The fourth-order valence-electron chi connectivity index (χ4n) is 0.968. The second-order valence-electron chi connectivity index (χ2n) is 2.51. The van der Waals surface area contributed by atoms with Crippen molar-refractivity contribution in [2.24, 2.45) is 0 Å². The third-order valence-electron chi connectivity index (χ3n) is 1.59. The Morgan fingerprint density at radius 1 is 1.43 bits per heavy atom. The molecular formula is C9H7ClO4. The number of carbonyl (C=O) groups excluding carboxylic acids is 2. The van der Waals surface area contributed by atoms with Crippen molar-refractivity contribution < 1.29 is 19.4 Å². The molecule has 0 aromatic heterocycles. The van der Waals surface area contributed by atoms with E-state index >= 15 is 0 Å². The SMILES string of the molecule is O=COC(C(=O)Cl)c1ccc(O)cc1. The van der Waals surface area contributed by atoms with E-state index in [1.807, 2.05) is 0 Å². The van der Waals surface area contributed by atoms with Crippen LogP contribution in [0.3, 0.4) is 0 Å². The highest BCUT2D eigenvalue weighted by Crippen LogP contribution is 2.21. The van der Waals surface area contributed by atoms with E-state index in [1.54, 1.807) is 0 Å². The highest BCUT2D eigenvalue weighted by molar-refractivity contribution is 6.64. The largest absolute Gasteiger partial charge is 0.508 e. The van der Waals surface area contributed by atoms with Gasteiger partial charge in [-0.15, -0.1) is 0 Å². The molecule has 0 heterocycles. The zero-order valence-corrected chi connectivity index (χ0v) is 7.77. The number of hydrogen-bond donors (Lipinski definition) is 1. The van der Waals surface area contributed by atoms with E-state index in [4.69, 9.17) is 16.7 Å². The van der Waals surface area contributed by atoms with Gasteiger partial charge >= 0.3 is 0 Å². The molecule has 0 bridgehead atoms. The highest BCUT2D eigenvalue weighted by atomic mass is 35.5. The molecule has 0 spiro atoms. The molecule has 0 saturated heterocycles. The molecule has 14 heavy (non-hydrogen) atoms. The molecule has 1 N–H and O–H groups in total. The Morgan fingerprint density at radius 2 is 2.00 bits per heavy atom. The highest BCUT2D eigenvalue weighted by Gasteiger charge is 2.19. The van der Waals surface area contributed by atoms with Crippen molar-refractivity contribution in [1.29, 1.82) is 0 Å². The van der Waals surface area contributed by atoms with E-state index in [1.165, 1.54) is 24.3 Å². The normalized spacial score (nSPS) is 11.8. The number of ether oxygens (including phenoxy) is 1. The quantitative estimate of drug-likeness (QED) is 0.607. The van der Waals surface area contributed by atoms with Gasteiger partial charge in [0.2, 0.25) is 0 Å². The lowest BCUT2D eigenvalue weighted by atomic mass is 10.1. The maximum atomic E-state index is 10.8. The lowest BCUT2D eigenvalue weighted by Crippen LogP contribution is -2.10. The fraction of sp³-hybridized carbons (Fsp3) is 0.111. The number of halogens is 1. The molecule has 4 nitrogen and oxygen atoms in total.